The van der Waals surface area contributed by atoms with Gasteiger partial charge in [0.2, 0.25) is 0 Å². The number of aliphatic carboxylic acids is 1. The molecule has 0 atom stereocenters. The van der Waals surface area contributed by atoms with E-state index in [9.17, 15) is 4.79 Å². The minimum atomic E-state index is -0.675. The zero-order valence-corrected chi connectivity index (χ0v) is 10.0. The van der Waals surface area contributed by atoms with Crippen molar-refractivity contribution in [2.45, 2.75) is 39.0 Å². The summed E-state index contributed by atoms with van der Waals surface area (Å²) in [6.45, 7) is 2.81. The predicted molar refractivity (Wildman–Crippen MR) is 61.4 cm³/mol. The molecule has 5 nitrogen and oxygen atoms in total. The zero-order valence-electron chi connectivity index (χ0n) is 10.0. The Bertz CT molecular complexity index is 134. The maximum Gasteiger partial charge on any atom is 0.303 e. The molecule has 0 aromatic heterocycles. The van der Waals surface area contributed by atoms with Crippen LogP contribution in [0.3, 0.4) is 0 Å². The van der Waals surface area contributed by atoms with Gasteiger partial charge in [-0.25, -0.2) is 0 Å². The molecule has 0 saturated heterocycles. The van der Waals surface area contributed by atoms with E-state index in [-0.39, 0.29) is 13.2 Å². The van der Waals surface area contributed by atoms with E-state index >= 15 is 0 Å². The zero-order chi connectivity index (χ0) is 12.6. The Labute approximate surface area is 97.1 Å². The second-order valence-corrected chi connectivity index (χ2v) is 3.26. The first-order valence-corrected chi connectivity index (χ1v) is 5.70. The molecule has 98 valence electrons. The highest BCUT2D eigenvalue weighted by Crippen LogP contribution is 2.01. The minimum absolute atomic E-state index is 0.0278. The first kappa shape index (κ1) is 17.7. The van der Waals surface area contributed by atoms with Gasteiger partial charge in [-0.2, -0.15) is 0 Å². The van der Waals surface area contributed by atoms with E-state index in [0.717, 1.165) is 19.3 Å². The summed E-state index contributed by atoms with van der Waals surface area (Å²) in [6.07, 6.45) is 4.55. The van der Waals surface area contributed by atoms with Crippen LogP contribution in [0.4, 0.5) is 0 Å². The molecule has 16 heavy (non-hydrogen) atoms. The second-order valence-electron chi connectivity index (χ2n) is 3.26. The Hall–Kier alpha value is -0.650. The third kappa shape index (κ3) is 23.3. The van der Waals surface area contributed by atoms with Crippen LogP contribution >= 0.6 is 0 Å². The van der Waals surface area contributed by atoms with Crippen molar-refractivity contribution in [2.24, 2.45) is 0 Å². The Kier molecular flexibility index (Phi) is 18.6. The molecule has 0 spiro atoms. The topological polar surface area (TPSA) is 87.0 Å². The number of rotatable bonds is 9. The molecule has 3 N–H and O–H groups in total. The molecule has 0 unspecified atom stereocenters. The van der Waals surface area contributed by atoms with Crippen LogP contribution in [0.2, 0.25) is 0 Å². The van der Waals surface area contributed by atoms with Crippen molar-refractivity contribution in [3.05, 3.63) is 0 Å². The lowest BCUT2D eigenvalue weighted by Gasteiger charge is -1.94. The van der Waals surface area contributed by atoms with Crippen LogP contribution in [0.15, 0.2) is 0 Å². The van der Waals surface area contributed by atoms with Crippen molar-refractivity contribution in [1.82, 2.24) is 0 Å². The summed E-state index contributed by atoms with van der Waals surface area (Å²) in [4.78, 5) is 9.96. The van der Waals surface area contributed by atoms with Crippen molar-refractivity contribution in [3.8, 4) is 0 Å². The maximum atomic E-state index is 9.96. The largest absolute Gasteiger partial charge is 0.481 e. The fraction of sp³-hybridized carbons (Fsp3) is 0.909. The van der Waals surface area contributed by atoms with Crippen LogP contribution < -0.4 is 0 Å². The number of aliphatic hydroxyl groups is 2. The van der Waals surface area contributed by atoms with E-state index in [0.29, 0.717) is 19.6 Å². The van der Waals surface area contributed by atoms with Gasteiger partial charge in [0.1, 0.15) is 0 Å². The van der Waals surface area contributed by atoms with E-state index in [2.05, 4.69) is 11.7 Å². The molecule has 0 amide bonds. The van der Waals surface area contributed by atoms with E-state index < -0.39 is 5.97 Å². The van der Waals surface area contributed by atoms with Gasteiger partial charge in [-0.15, -0.1) is 0 Å². The molecule has 0 saturated carbocycles. The van der Waals surface area contributed by atoms with Crippen LogP contribution in [0.5, 0.6) is 0 Å². The van der Waals surface area contributed by atoms with Crippen molar-refractivity contribution >= 4 is 5.97 Å². The fourth-order valence-corrected chi connectivity index (χ4v) is 0.934. The summed E-state index contributed by atoms with van der Waals surface area (Å²) in [5.41, 5.74) is 0. The molecule has 5 heteroatoms. The van der Waals surface area contributed by atoms with Gasteiger partial charge in [0, 0.05) is 6.42 Å². The lowest BCUT2D eigenvalue weighted by molar-refractivity contribution is -0.137. The molecular formula is C11H24O5. The van der Waals surface area contributed by atoms with E-state index in [1.54, 1.807) is 0 Å². The Morgan fingerprint density at radius 3 is 2.00 bits per heavy atom. The summed E-state index contributed by atoms with van der Waals surface area (Å²) >= 11 is 0. The Morgan fingerprint density at radius 2 is 1.62 bits per heavy atom. The third-order valence-electron chi connectivity index (χ3n) is 1.72. The van der Waals surface area contributed by atoms with Gasteiger partial charge < -0.3 is 20.1 Å². The van der Waals surface area contributed by atoms with E-state index in [4.69, 9.17) is 15.3 Å². The number of ether oxygens (including phenoxy) is 1. The van der Waals surface area contributed by atoms with Gasteiger partial charge in [0.15, 0.2) is 0 Å². The van der Waals surface area contributed by atoms with Gasteiger partial charge in [0.05, 0.1) is 26.4 Å². The first-order chi connectivity index (χ1) is 7.68. The van der Waals surface area contributed by atoms with Crippen LogP contribution in [0.25, 0.3) is 0 Å². The summed E-state index contributed by atoms with van der Waals surface area (Å²) in [5, 5.41) is 24.4. The average molecular weight is 236 g/mol. The molecule has 0 aliphatic carbocycles. The summed E-state index contributed by atoms with van der Waals surface area (Å²) < 4.78 is 4.63. The lowest BCUT2D eigenvalue weighted by Crippen LogP contribution is -2.03. The molecular weight excluding hydrogens is 212 g/mol. The van der Waals surface area contributed by atoms with Crippen molar-refractivity contribution in [1.29, 1.82) is 0 Å². The number of unbranched alkanes of at least 4 members (excludes halogenated alkanes) is 3. The van der Waals surface area contributed by atoms with Crippen molar-refractivity contribution in [3.63, 3.8) is 0 Å². The number of aliphatic hydroxyl groups excluding tert-OH is 2. The number of hydrogen-bond acceptors (Lipinski definition) is 4. The highest BCUT2D eigenvalue weighted by molar-refractivity contribution is 5.66. The maximum absolute atomic E-state index is 9.96. The molecule has 0 heterocycles. The normalized spacial score (nSPS) is 9.44. The van der Waals surface area contributed by atoms with E-state index in [1.807, 2.05) is 0 Å². The van der Waals surface area contributed by atoms with E-state index in [1.165, 1.54) is 6.42 Å². The van der Waals surface area contributed by atoms with Crippen molar-refractivity contribution < 1.29 is 24.9 Å². The van der Waals surface area contributed by atoms with Crippen LogP contribution in [-0.4, -0.2) is 47.7 Å². The van der Waals surface area contributed by atoms with Gasteiger partial charge in [-0.3, -0.25) is 4.79 Å². The summed E-state index contributed by atoms with van der Waals surface area (Å²) in [7, 11) is 0. The van der Waals surface area contributed by atoms with Crippen LogP contribution in [0, 0.1) is 0 Å². The standard InChI is InChI=1S/C7H14O2.C4H10O3/c1-2-3-4-5-6-7(8)9;5-1-3-7-4-2-6/h2-6H2,1H3,(H,8,9);5-6H,1-4H2. The first-order valence-electron chi connectivity index (χ1n) is 5.70. The summed E-state index contributed by atoms with van der Waals surface area (Å²) in [5.74, 6) is -0.675. The summed E-state index contributed by atoms with van der Waals surface area (Å²) in [6, 6.07) is 0. The Morgan fingerprint density at radius 1 is 1.06 bits per heavy atom. The van der Waals surface area contributed by atoms with Crippen molar-refractivity contribution in [2.75, 3.05) is 26.4 Å². The molecule has 0 aliphatic rings. The molecule has 0 rings (SSSR count). The fourth-order valence-electron chi connectivity index (χ4n) is 0.934. The molecule has 0 radical (unpaired) electrons. The molecule has 0 fully saturated rings. The molecule has 0 bridgehead atoms. The van der Waals surface area contributed by atoms with Crippen LogP contribution in [-0.2, 0) is 9.53 Å². The highest BCUT2D eigenvalue weighted by atomic mass is 16.5. The molecule has 0 aromatic carbocycles. The minimum Gasteiger partial charge on any atom is -0.481 e. The quantitative estimate of drug-likeness (QED) is 0.520. The number of carboxylic acid groups (broad SMARTS) is 1. The van der Waals surface area contributed by atoms with Gasteiger partial charge in [-0.1, -0.05) is 26.2 Å². The monoisotopic (exact) mass is 236 g/mol. The lowest BCUT2D eigenvalue weighted by atomic mass is 10.2. The van der Waals surface area contributed by atoms with Gasteiger partial charge in [0.25, 0.3) is 0 Å². The second kappa shape index (κ2) is 16.8. The SMILES string of the molecule is CCCCCCC(=O)O.OCCOCCO. The van der Waals surface area contributed by atoms with Gasteiger partial charge >= 0.3 is 5.97 Å². The molecule has 0 aliphatic heterocycles. The Balaban J connectivity index is 0. The number of hydrogen-bond donors (Lipinski definition) is 3. The number of carboxylic acids is 1. The smallest absolute Gasteiger partial charge is 0.303 e. The third-order valence-corrected chi connectivity index (χ3v) is 1.72. The molecule has 0 aromatic rings. The van der Waals surface area contributed by atoms with Crippen LogP contribution in [0.1, 0.15) is 39.0 Å². The highest BCUT2D eigenvalue weighted by Gasteiger charge is 1.93. The number of carbonyl (C=O) groups is 1. The average Bonchev–Trinajstić information content (AvgIpc) is 2.26. The predicted octanol–water partition coefficient (Wildman–Crippen LogP) is 1.03. The van der Waals surface area contributed by atoms with Gasteiger partial charge in [-0.05, 0) is 6.42 Å².